The van der Waals surface area contributed by atoms with Gasteiger partial charge in [-0.3, -0.25) is 4.90 Å². The minimum Gasteiger partial charge on any atom is -0.390 e. The van der Waals surface area contributed by atoms with E-state index in [1.54, 1.807) is 12.1 Å². The Morgan fingerprint density at radius 3 is 2.37 bits per heavy atom. The first-order chi connectivity index (χ1) is 8.76. The molecular weight excluding hydrogens is 243 g/mol. The predicted octanol–water partition coefficient (Wildman–Crippen LogP) is 2.01. The second-order valence-corrected chi connectivity index (χ2v) is 6.11. The van der Waals surface area contributed by atoms with Crippen LogP contribution in [0.1, 0.15) is 26.3 Å². The SMILES string of the molecule is CN(Cc1ccc(F)cc1)CC(O)CNC(C)(C)C. The van der Waals surface area contributed by atoms with Crippen LogP contribution in [0.15, 0.2) is 24.3 Å². The second-order valence-electron chi connectivity index (χ2n) is 6.11. The van der Waals surface area contributed by atoms with Crippen molar-refractivity contribution in [2.45, 2.75) is 39.0 Å². The lowest BCUT2D eigenvalue weighted by molar-refractivity contribution is 0.114. The average Bonchev–Trinajstić information content (AvgIpc) is 2.29. The molecule has 0 aliphatic carbocycles. The molecule has 0 saturated carbocycles. The van der Waals surface area contributed by atoms with Crippen LogP contribution in [0, 0.1) is 5.82 Å². The Morgan fingerprint density at radius 2 is 1.84 bits per heavy atom. The molecule has 0 bridgehead atoms. The number of hydrogen-bond acceptors (Lipinski definition) is 3. The Bertz CT molecular complexity index is 373. The van der Waals surface area contributed by atoms with Crippen molar-refractivity contribution in [3.63, 3.8) is 0 Å². The van der Waals surface area contributed by atoms with E-state index in [0.717, 1.165) is 5.56 Å². The number of nitrogens with zero attached hydrogens (tertiary/aromatic N) is 1. The molecule has 1 rings (SSSR count). The molecule has 1 aromatic carbocycles. The lowest BCUT2D eigenvalue weighted by Gasteiger charge is -2.25. The first kappa shape index (κ1) is 16.1. The number of β-amino-alcohol motifs (C(OH)–C–C–N with tert-alkyl or cyclic N) is 1. The fourth-order valence-electron chi connectivity index (χ4n) is 1.81. The van der Waals surface area contributed by atoms with Gasteiger partial charge in [0.1, 0.15) is 5.82 Å². The largest absolute Gasteiger partial charge is 0.390 e. The topological polar surface area (TPSA) is 35.5 Å². The van der Waals surface area contributed by atoms with Crippen LogP contribution in [0.25, 0.3) is 0 Å². The van der Waals surface area contributed by atoms with E-state index in [1.165, 1.54) is 12.1 Å². The van der Waals surface area contributed by atoms with E-state index >= 15 is 0 Å². The Hall–Kier alpha value is -0.970. The third kappa shape index (κ3) is 7.25. The molecule has 19 heavy (non-hydrogen) atoms. The third-order valence-electron chi connectivity index (χ3n) is 2.76. The van der Waals surface area contributed by atoms with Crippen LogP contribution in [0.2, 0.25) is 0 Å². The molecule has 0 aromatic heterocycles. The Morgan fingerprint density at radius 1 is 1.26 bits per heavy atom. The van der Waals surface area contributed by atoms with E-state index in [0.29, 0.717) is 19.6 Å². The Balaban J connectivity index is 2.34. The van der Waals surface area contributed by atoms with E-state index < -0.39 is 6.10 Å². The predicted molar refractivity (Wildman–Crippen MR) is 76.5 cm³/mol. The Kier molecular flexibility index (Phi) is 5.91. The molecule has 0 aliphatic rings. The van der Waals surface area contributed by atoms with Crippen LogP contribution in [-0.4, -0.2) is 41.8 Å². The summed E-state index contributed by atoms with van der Waals surface area (Å²) in [4.78, 5) is 2.03. The molecular formula is C15H25FN2O. The number of rotatable bonds is 6. The van der Waals surface area contributed by atoms with Crippen LogP contribution in [0.5, 0.6) is 0 Å². The number of likely N-dealkylation sites (N-methyl/N-ethyl adjacent to an activating group) is 1. The van der Waals surface area contributed by atoms with E-state index in [9.17, 15) is 9.50 Å². The van der Waals surface area contributed by atoms with Gasteiger partial charge in [-0.1, -0.05) is 12.1 Å². The fourth-order valence-corrected chi connectivity index (χ4v) is 1.81. The van der Waals surface area contributed by atoms with Gasteiger partial charge in [-0.2, -0.15) is 0 Å². The van der Waals surface area contributed by atoms with E-state index in [-0.39, 0.29) is 11.4 Å². The number of aliphatic hydroxyl groups is 1. The third-order valence-corrected chi connectivity index (χ3v) is 2.76. The van der Waals surface area contributed by atoms with Crippen molar-refractivity contribution in [3.05, 3.63) is 35.6 Å². The van der Waals surface area contributed by atoms with Crippen molar-refractivity contribution in [2.75, 3.05) is 20.1 Å². The van der Waals surface area contributed by atoms with Crippen molar-refractivity contribution in [1.82, 2.24) is 10.2 Å². The summed E-state index contributed by atoms with van der Waals surface area (Å²) in [5, 5.41) is 13.2. The van der Waals surface area contributed by atoms with Crippen molar-refractivity contribution in [3.8, 4) is 0 Å². The molecule has 1 unspecified atom stereocenters. The van der Waals surface area contributed by atoms with Gasteiger partial charge >= 0.3 is 0 Å². The standard InChI is InChI=1S/C15H25FN2O/c1-15(2,3)17-9-14(19)11-18(4)10-12-5-7-13(16)8-6-12/h5-8,14,17,19H,9-11H2,1-4H3. The maximum atomic E-state index is 12.8. The van der Waals surface area contributed by atoms with Crippen LogP contribution in [0.4, 0.5) is 4.39 Å². The lowest BCUT2D eigenvalue weighted by atomic mass is 10.1. The highest BCUT2D eigenvalue weighted by Crippen LogP contribution is 2.06. The summed E-state index contributed by atoms with van der Waals surface area (Å²) < 4.78 is 12.8. The molecule has 2 N–H and O–H groups in total. The molecule has 0 saturated heterocycles. The molecule has 4 heteroatoms. The minimum atomic E-state index is -0.412. The smallest absolute Gasteiger partial charge is 0.123 e. The Labute approximate surface area is 115 Å². The zero-order chi connectivity index (χ0) is 14.5. The normalized spacial score (nSPS) is 13.8. The molecule has 0 radical (unpaired) electrons. The fraction of sp³-hybridized carbons (Fsp3) is 0.600. The molecule has 1 aromatic rings. The summed E-state index contributed by atoms with van der Waals surface area (Å²) in [5.41, 5.74) is 1.05. The summed E-state index contributed by atoms with van der Waals surface area (Å²) in [6.45, 7) is 8.07. The molecule has 1 atom stereocenters. The molecule has 3 nitrogen and oxygen atoms in total. The van der Waals surface area contributed by atoms with Gasteiger partial charge in [0.05, 0.1) is 6.10 Å². The van der Waals surface area contributed by atoms with Gasteiger partial charge in [0.25, 0.3) is 0 Å². The van der Waals surface area contributed by atoms with Gasteiger partial charge < -0.3 is 10.4 Å². The highest BCUT2D eigenvalue weighted by molar-refractivity contribution is 5.15. The van der Waals surface area contributed by atoms with Crippen molar-refractivity contribution >= 4 is 0 Å². The van der Waals surface area contributed by atoms with E-state index in [1.807, 2.05) is 11.9 Å². The van der Waals surface area contributed by atoms with E-state index in [4.69, 9.17) is 0 Å². The second kappa shape index (κ2) is 6.98. The minimum absolute atomic E-state index is 0.0104. The average molecular weight is 268 g/mol. The number of halogens is 1. The van der Waals surface area contributed by atoms with Crippen LogP contribution in [-0.2, 0) is 6.54 Å². The highest BCUT2D eigenvalue weighted by atomic mass is 19.1. The van der Waals surface area contributed by atoms with Gasteiger partial charge in [0.2, 0.25) is 0 Å². The first-order valence-corrected chi connectivity index (χ1v) is 6.62. The quantitative estimate of drug-likeness (QED) is 0.828. The summed E-state index contributed by atoms with van der Waals surface area (Å²) in [6.07, 6.45) is -0.412. The van der Waals surface area contributed by atoms with Crippen molar-refractivity contribution < 1.29 is 9.50 Å². The van der Waals surface area contributed by atoms with Gasteiger partial charge in [0, 0.05) is 25.2 Å². The molecule has 0 spiro atoms. The lowest BCUT2D eigenvalue weighted by Crippen LogP contribution is -2.44. The molecule has 0 amide bonds. The van der Waals surface area contributed by atoms with Crippen molar-refractivity contribution in [1.29, 1.82) is 0 Å². The molecule has 108 valence electrons. The van der Waals surface area contributed by atoms with Gasteiger partial charge in [-0.25, -0.2) is 4.39 Å². The van der Waals surface area contributed by atoms with Crippen LogP contribution < -0.4 is 5.32 Å². The number of benzene rings is 1. The molecule has 0 heterocycles. The zero-order valence-corrected chi connectivity index (χ0v) is 12.3. The number of aliphatic hydroxyl groups excluding tert-OH is 1. The summed E-state index contributed by atoms with van der Waals surface area (Å²) in [6, 6.07) is 6.46. The van der Waals surface area contributed by atoms with Gasteiger partial charge in [0.15, 0.2) is 0 Å². The highest BCUT2D eigenvalue weighted by Gasteiger charge is 2.13. The number of nitrogens with one attached hydrogen (secondary N) is 1. The molecule has 0 aliphatic heterocycles. The maximum absolute atomic E-state index is 12.8. The zero-order valence-electron chi connectivity index (χ0n) is 12.3. The summed E-state index contributed by atoms with van der Waals surface area (Å²) >= 11 is 0. The van der Waals surface area contributed by atoms with Gasteiger partial charge in [-0.15, -0.1) is 0 Å². The number of hydrogen-bond donors (Lipinski definition) is 2. The first-order valence-electron chi connectivity index (χ1n) is 6.62. The van der Waals surface area contributed by atoms with Gasteiger partial charge in [-0.05, 0) is 45.5 Å². The molecule has 0 fully saturated rings. The summed E-state index contributed by atoms with van der Waals surface area (Å²) in [7, 11) is 1.95. The summed E-state index contributed by atoms with van der Waals surface area (Å²) in [5.74, 6) is -0.221. The van der Waals surface area contributed by atoms with Crippen LogP contribution >= 0.6 is 0 Å². The van der Waals surface area contributed by atoms with Crippen molar-refractivity contribution in [2.24, 2.45) is 0 Å². The van der Waals surface area contributed by atoms with E-state index in [2.05, 4.69) is 26.1 Å². The monoisotopic (exact) mass is 268 g/mol. The van der Waals surface area contributed by atoms with Crippen LogP contribution in [0.3, 0.4) is 0 Å². The maximum Gasteiger partial charge on any atom is 0.123 e.